The number of fused-ring (bicyclic) bond motifs is 1. The molecule has 0 aliphatic carbocycles. The molecular weight excluding hydrogens is 338 g/mol. The summed E-state index contributed by atoms with van der Waals surface area (Å²) in [5.41, 5.74) is 6.24. The van der Waals surface area contributed by atoms with Crippen molar-refractivity contribution < 1.29 is 0 Å². The lowest BCUT2D eigenvalue weighted by molar-refractivity contribution is 0.252. The van der Waals surface area contributed by atoms with Crippen molar-refractivity contribution >= 4 is 21.6 Å². The van der Waals surface area contributed by atoms with Crippen LogP contribution in [0.4, 0.5) is 0 Å². The van der Waals surface area contributed by atoms with Crippen LogP contribution in [0.25, 0.3) is 10.2 Å². The summed E-state index contributed by atoms with van der Waals surface area (Å²) >= 11 is 1.78. The van der Waals surface area contributed by atoms with Gasteiger partial charge >= 0.3 is 0 Å². The van der Waals surface area contributed by atoms with E-state index in [1.807, 2.05) is 0 Å². The number of hydrogen-bond donors (Lipinski definition) is 0. The Morgan fingerprint density at radius 3 is 2.65 bits per heavy atom. The third kappa shape index (κ3) is 3.67. The zero-order valence-corrected chi connectivity index (χ0v) is 16.9. The quantitative estimate of drug-likeness (QED) is 0.633. The van der Waals surface area contributed by atoms with Gasteiger partial charge in [-0.05, 0) is 88.4 Å². The van der Waals surface area contributed by atoms with Gasteiger partial charge in [0.1, 0.15) is 0 Å². The molecule has 1 saturated heterocycles. The first-order valence-corrected chi connectivity index (χ1v) is 10.3. The van der Waals surface area contributed by atoms with E-state index in [-0.39, 0.29) is 0 Å². The highest BCUT2D eigenvalue weighted by Gasteiger charge is 2.27. The van der Waals surface area contributed by atoms with Gasteiger partial charge in [0.05, 0.1) is 15.2 Å². The monoisotopic (exact) mass is 365 g/mol. The zero-order valence-electron chi connectivity index (χ0n) is 16.1. The van der Waals surface area contributed by atoms with Crippen molar-refractivity contribution in [1.29, 1.82) is 0 Å². The standard InChI is InChI=1S/C22H27N3S/c1-14-9-19(10-15(2)23-14)11-18-7-8-25(13-18)16(3)20-5-6-22-21(12-20)24-17(4)26-22/h5-6,9-10,12,16,18H,7-8,11,13H2,1-4H3. The minimum absolute atomic E-state index is 0.451. The molecule has 0 amide bonds. The molecule has 0 radical (unpaired) electrons. The predicted octanol–water partition coefficient (Wildman–Crippen LogP) is 5.24. The third-order valence-corrected chi connectivity index (χ3v) is 6.48. The van der Waals surface area contributed by atoms with E-state index in [4.69, 9.17) is 0 Å². The number of pyridine rings is 1. The van der Waals surface area contributed by atoms with Gasteiger partial charge in [-0.25, -0.2) is 4.98 Å². The average Bonchev–Trinajstić information content (AvgIpc) is 3.17. The van der Waals surface area contributed by atoms with Crippen LogP contribution >= 0.6 is 11.3 Å². The maximum Gasteiger partial charge on any atom is 0.0907 e. The maximum atomic E-state index is 4.66. The van der Waals surface area contributed by atoms with Crippen molar-refractivity contribution in [3.63, 3.8) is 0 Å². The average molecular weight is 366 g/mol. The van der Waals surface area contributed by atoms with Gasteiger partial charge in [-0.2, -0.15) is 0 Å². The molecule has 1 aromatic carbocycles. The van der Waals surface area contributed by atoms with Crippen LogP contribution in [0.5, 0.6) is 0 Å². The summed E-state index contributed by atoms with van der Waals surface area (Å²) in [5.74, 6) is 0.740. The van der Waals surface area contributed by atoms with E-state index in [2.05, 4.69) is 72.9 Å². The van der Waals surface area contributed by atoms with Gasteiger partial charge in [0.2, 0.25) is 0 Å². The summed E-state index contributed by atoms with van der Waals surface area (Å²) in [7, 11) is 0. The summed E-state index contributed by atoms with van der Waals surface area (Å²) in [6.07, 6.45) is 2.44. The van der Waals surface area contributed by atoms with Crippen molar-refractivity contribution in [1.82, 2.24) is 14.9 Å². The smallest absolute Gasteiger partial charge is 0.0907 e. The van der Waals surface area contributed by atoms with E-state index >= 15 is 0 Å². The molecule has 4 heteroatoms. The number of likely N-dealkylation sites (tertiary alicyclic amines) is 1. The van der Waals surface area contributed by atoms with E-state index < -0.39 is 0 Å². The van der Waals surface area contributed by atoms with Crippen LogP contribution in [0, 0.1) is 26.7 Å². The molecule has 26 heavy (non-hydrogen) atoms. The Morgan fingerprint density at radius 1 is 1.12 bits per heavy atom. The predicted molar refractivity (Wildman–Crippen MR) is 110 cm³/mol. The fraction of sp³-hybridized carbons (Fsp3) is 0.455. The van der Waals surface area contributed by atoms with E-state index in [1.165, 1.54) is 35.3 Å². The van der Waals surface area contributed by atoms with Crippen molar-refractivity contribution in [3.8, 4) is 0 Å². The van der Waals surface area contributed by atoms with E-state index in [0.717, 1.165) is 34.3 Å². The minimum atomic E-state index is 0.451. The van der Waals surface area contributed by atoms with Gasteiger partial charge in [0, 0.05) is 24.0 Å². The van der Waals surface area contributed by atoms with Crippen LogP contribution < -0.4 is 0 Å². The molecule has 0 N–H and O–H groups in total. The second-order valence-electron chi connectivity index (χ2n) is 7.75. The highest BCUT2D eigenvalue weighted by atomic mass is 32.1. The number of aryl methyl sites for hydroxylation is 3. The van der Waals surface area contributed by atoms with Gasteiger partial charge in [0.25, 0.3) is 0 Å². The number of rotatable bonds is 4. The van der Waals surface area contributed by atoms with Crippen LogP contribution in [-0.4, -0.2) is 28.0 Å². The summed E-state index contributed by atoms with van der Waals surface area (Å²) in [4.78, 5) is 11.8. The Bertz CT molecular complexity index is 910. The van der Waals surface area contributed by atoms with Crippen molar-refractivity contribution in [2.24, 2.45) is 5.92 Å². The van der Waals surface area contributed by atoms with Gasteiger partial charge < -0.3 is 0 Å². The van der Waals surface area contributed by atoms with E-state index in [1.54, 1.807) is 11.3 Å². The van der Waals surface area contributed by atoms with Gasteiger partial charge in [0.15, 0.2) is 0 Å². The fourth-order valence-electron chi connectivity index (χ4n) is 4.28. The molecule has 2 aromatic heterocycles. The molecular formula is C22H27N3S. The lowest BCUT2D eigenvalue weighted by Crippen LogP contribution is -2.24. The van der Waals surface area contributed by atoms with Gasteiger partial charge in [-0.3, -0.25) is 9.88 Å². The molecule has 136 valence electrons. The lowest BCUT2D eigenvalue weighted by atomic mass is 9.98. The maximum absolute atomic E-state index is 4.66. The molecule has 3 heterocycles. The van der Waals surface area contributed by atoms with Crippen LogP contribution in [0.1, 0.15) is 46.9 Å². The first-order valence-electron chi connectivity index (χ1n) is 9.53. The Balaban J connectivity index is 1.45. The topological polar surface area (TPSA) is 29.0 Å². The van der Waals surface area contributed by atoms with Gasteiger partial charge in [-0.15, -0.1) is 11.3 Å². The number of benzene rings is 1. The highest BCUT2D eigenvalue weighted by molar-refractivity contribution is 7.18. The highest BCUT2D eigenvalue weighted by Crippen LogP contribution is 2.31. The molecule has 0 saturated carbocycles. The molecule has 0 spiro atoms. The number of aromatic nitrogens is 2. The Morgan fingerprint density at radius 2 is 1.88 bits per heavy atom. The number of thiazole rings is 1. The Labute approximate surface area is 160 Å². The van der Waals surface area contributed by atoms with Crippen LogP contribution in [0.15, 0.2) is 30.3 Å². The van der Waals surface area contributed by atoms with Crippen molar-refractivity contribution in [2.75, 3.05) is 13.1 Å². The summed E-state index contributed by atoms with van der Waals surface area (Å²) in [6.45, 7) is 11.0. The largest absolute Gasteiger partial charge is 0.296 e. The Hall–Kier alpha value is -1.78. The fourth-order valence-corrected chi connectivity index (χ4v) is 5.09. The molecule has 3 nitrogen and oxygen atoms in total. The van der Waals surface area contributed by atoms with Crippen LogP contribution in [-0.2, 0) is 6.42 Å². The molecule has 0 bridgehead atoms. The van der Waals surface area contributed by atoms with Crippen LogP contribution in [0.2, 0.25) is 0 Å². The summed E-state index contributed by atoms with van der Waals surface area (Å²) in [5, 5.41) is 1.15. The second kappa shape index (κ2) is 7.09. The van der Waals surface area contributed by atoms with Crippen molar-refractivity contribution in [2.45, 2.75) is 46.6 Å². The molecule has 2 atom stereocenters. The second-order valence-corrected chi connectivity index (χ2v) is 8.98. The normalized spacial score (nSPS) is 19.3. The molecule has 1 aliphatic heterocycles. The number of hydrogen-bond acceptors (Lipinski definition) is 4. The summed E-state index contributed by atoms with van der Waals surface area (Å²) in [6, 6.07) is 11.8. The SMILES string of the molecule is Cc1cc(CC2CCN(C(C)c3ccc4sc(C)nc4c3)C2)cc(C)n1. The molecule has 2 unspecified atom stereocenters. The molecule has 4 rings (SSSR count). The van der Waals surface area contributed by atoms with E-state index in [0.29, 0.717) is 6.04 Å². The van der Waals surface area contributed by atoms with Crippen molar-refractivity contribution in [3.05, 3.63) is 57.9 Å². The molecule has 1 fully saturated rings. The molecule has 3 aromatic rings. The molecule has 1 aliphatic rings. The van der Waals surface area contributed by atoms with E-state index in [9.17, 15) is 0 Å². The lowest BCUT2D eigenvalue weighted by Gasteiger charge is -2.25. The third-order valence-electron chi connectivity index (χ3n) is 5.53. The number of nitrogens with zero attached hydrogens (tertiary/aromatic N) is 3. The van der Waals surface area contributed by atoms with Crippen LogP contribution in [0.3, 0.4) is 0 Å². The zero-order chi connectivity index (χ0) is 18.3. The Kier molecular flexibility index (Phi) is 4.80. The first kappa shape index (κ1) is 17.6. The minimum Gasteiger partial charge on any atom is -0.296 e. The first-order chi connectivity index (χ1) is 12.5. The summed E-state index contributed by atoms with van der Waals surface area (Å²) < 4.78 is 1.29. The van der Waals surface area contributed by atoms with Gasteiger partial charge in [-0.1, -0.05) is 6.07 Å².